The normalized spacial score (nSPS) is 10.9. The molecule has 0 saturated heterocycles. The number of hydrogen-bond acceptors (Lipinski definition) is 4. The van der Waals surface area contributed by atoms with Gasteiger partial charge in [0.1, 0.15) is 0 Å². The molecule has 0 spiro atoms. The molecule has 0 radical (unpaired) electrons. The molecule has 114 valence electrons. The highest BCUT2D eigenvalue weighted by Crippen LogP contribution is 2.38. The highest BCUT2D eigenvalue weighted by molar-refractivity contribution is 5.52. The van der Waals surface area contributed by atoms with Crippen LogP contribution in [0.5, 0.6) is 11.5 Å². The molecule has 0 aliphatic carbocycles. The number of nitrogens with two attached hydrogens (primary N) is 1. The monoisotopic (exact) mass is 281 g/mol. The predicted octanol–water partition coefficient (Wildman–Crippen LogP) is 2.74. The highest BCUT2D eigenvalue weighted by Gasteiger charge is 2.17. The van der Waals surface area contributed by atoms with Crippen molar-refractivity contribution in [1.29, 1.82) is 0 Å². The quantitative estimate of drug-likeness (QED) is 0.707. The van der Waals surface area contributed by atoms with Crippen molar-refractivity contribution in [3.05, 3.63) is 23.3 Å². The van der Waals surface area contributed by atoms with Gasteiger partial charge in [-0.2, -0.15) is 0 Å². The second kappa shape index (κ2) is 8.82. The summed E-state index contributed by atoms with van der Waals surface area (Å²) in [6, 6.07) is 4.05. The van der Waals surface area contributed by atoms with Gasteiger partial charge in [-0.3, -0.25) is 0 Å². The molecule has 0 aromatic heterocycles. The van der Waals surface area contributed by atoms with Crippen LogP contribution in [0.25, 0.3) is 0 Å². The van der Waals surface area contributed by atoms with Crippen molar-refractivity contribution in [3.8, 4) is 11.5 Å². The van der Waals surface area contributed by atoms with Crippen molar-refractivity contribution in [1.82, 2.24) is 0 Å². The maximum Gasteiger partial charge on any atom is 0.164 e. The Morgan fingerprint density at radius 1 is 1.15 bits per heavy atom. The topological polar surface area (TPSA) is 53.7 Å². The molecule has 2 N–H and O–H groups in total. The zero-order chi connectivity index (χ0) is 15.0. The molecule has 0 bridgehead atoms. The highest BCUT2D eigenvalue weighted by atomic mass is 16.5. The van der Waals surface area contributed by atoms with E-state index >= 15 is 0 Å². The number of hydrogen-bond donors (Lipinski definition) is 1. The second-order valence-corrected chi connectivity index (χ2v) is 5.06. The number of ether oxygens (including phenoxy) is 3. The number of methoxy groups -OCH3 is 2. The van der Waals surface area contributed by atoms with Crippen molar-refractivity contribution in [2.24, 2.45) is 5.73 Å². The van der Waals surface area contributed by atoms with Crippen LogP contribution < -0.4 is 15.2 Å². The van der Waals surface area contributed by atoms with Gasteiger partial charge in [-0.25, -0.2) is 0 Å². The van der Waals surface area contributed by atoms with Crippen LogP contribution in [0.3, 0.4) is 0 Å². The van der Waals surface area contributed by atoms with Crippen LogP contribution in [0, 0.1) is 0 Å². The van der Waals surface area contributed by atoms with Crippen LogP contribution in [0.4, 0.5) is 0 Å². The average Bonchev–Trinajstić information content (AvgIpc) is 2.43. The smallest absolute Gasteiger partial charge is 0.164 e. The van der Waals surface area contributed by atoms with E-state index in [0.717, 1.165) is 24.3 Å². The van der Waals surface area contributed by atoms with Crippen molar-refractivity contribution in [2.45, 2.75) is 32.6 Å². The fraction of sp³-hybridized carbons (Fsp3) is 0.625. The third kappa shape index (κ3) is 4.39. The van der Waals surface area contributed by atoms with E-state index in [-0.39, 0.29) is 0 Å². The van der Waals surface area contributed by atoms with Gasteiger partial charge in [-0.1, -0.05) is 19.9 Å². The Bertz CT molecular complexity index is 405. The number of rotatable bonds is 9. The predicted molar refractivity (Wildman–Crippen MR) is 81.8 cm³/mol. The first-order valence-corrected chi connectivity index (χ1v) is 7.17. The molecule has 0 unspecified atom stereocenters. The van der Waals surface area contributed by atoms with Gasteiger partial charge in [-0.15, -0.1) is 0 Å². The first-order chi connectivity index (χ1) is 9.65. The first-order valence-electron chi connectivity index (χ1n) is 7.17. The van der Waals surface area contributed by atoms with E-state index in [4.69, 9.17) is 19.9 Å². The van der Waals surface area contributed by atoms with Gasteiger partial charge in [-0.05, 0) is 30.5 Å². The lowest BCUT2D eigenvalue weighted by atomic mass is 9.93. The molecular weight excluding hydrogens is 254 g/mol. The third-order valence-corrected chi connectivity index (χ3v) is 3.20. The maximum atomic E-state index is 5.96. The summed E-state index contributed by atoms with van der Waals surface area (Å²) in [5, 5.41) is 0. The van der Waals surface area contributed by atoms with E-state index in [1.807, 2.05) is 6.07 Å². The van der Waals surface area contributed by atoms with Gasteiger partial charge >= 0.3 is 0 Å². The molecule has 1 rings (SSSR count). The standard InChI is InChI=1S/C16H27NO3/c1-12(2)15-13(8-9-17)6-7-14(19-4)16(15)20-11-5-10-18-3/h6-7,12H,5,8-11,17H2,1-4H3. The minimum Gasteiger partial charge on any atom is -0.493 e. The van der Waals surface area contributed by atoms with Gasteiger partial charge < -0.3 is 19.9 Å². The molecule has 0 heterocycles. The first kappa shape index (κ1) is 16.8. The summed E-state index contributed by atoms with van der Waals surface area (Å²) in [6.07, 6.45) is 1.71. The average molecular weight is 281 g/mol. The Balaban J connectivity index is 3.04. The Hall–Kier alpha value is -1.26. The summed E-state index contributed by atoms with van der Waals surface area (Å²) in [4.78, 5) is 0. The van der Waals surface area contributed by atoms with Crippen LogP contribution in [0.1, 0.15) is 37.3 Å². The summed E-state index contributed by atoms with van der Waals surface area (Å²) >= 11 is 0. The van der Waals surface area contributed by atoms with E-state index < -0.39 is 0 Å². The lowest BCUT2D eigenvalue weighted by Gasteiger charge is -2.20. The van der Waals surface area contributed by atoms with Crippen LogP contribution >= 0.6 is 0 Å². The van der Waals surface area contributed by atoms with Gasteiger partial charge in [0.2, 0.25) is 0 Å². The van der Waals surface area contributed by atoms with Crippen molar-refractivity contribution < 1.29 is 14.2 Å². The molecule has 0 saturated carbocycles. The zero-order valence-corrected chi connectivity index (χ0v) is 13.1. The van der Waals surface area contributed by atoms with Gasteiger partial charge in [0.15, 0.2) is 11.5 Å². The molecule has 0 atom stereocenters. The van der Waals surface area contributed by atoms with E-state index in [1.165, 1.54) is 11.1 Å². The lowest BCUT2D eigenvalue weighted by Crippen LogP contribution is -2.10. The van der Waals surface area contributed by atoms with Gasteiger partial charge in [0.25, 0.3) is 0 Å². The molecular formula is C16H27NO3. The number of benzene rings is 1. The Morgan fingerprint density at radius 2 is 1.90 bits per heavy atom. The van der Waals surface area contributed by atoms with Gasteiger partial charge in [0, 0.05) is 25.7 Å². The Kier molecular flexibility index (Phi) is 7.41. The zero-order valence-electron chi connectivity index (χ0n) is 13.1. The van der Waals surface area contributed by atoms with Crippen LogP contribution in [0.15, 0.2) is 12.1 Å². The summed E-state index contributed by atoms with van der Waals surface area (Å²) < 4.78 is 16.5. The van der Waals surface area contributed by atoms with Crippen LogP contribution in [0.2, 0.25) is 0 Å². The third-order valence-electron chi connectivity index (χ3n) is 3.20. The van der Waals surface area contributed by atoms with Crippen molar-refractivity contribution in [2.75, 3.05) is 34.0 Å². The summed E-state index contributed by atoms with van der Waals surface area (Å²) in [5.41, 5.74) is 8.14. The second-order valence-electron chi connectivity index (χ2n) is 5.06. The summed E-state index contributed by atoms with van der Waals surface area (Å²) in [5.74, 6) is 2.00. The fourth-order valence-corrected chi connectivity index (χ4v) is 2.31. The molecule has 4 nitrogen and oxygen atoms in total. The summed E-state index contributed by atoms with van der Waals surface area (Å²) in [7, 11) is 3.37. The molecule has 1 aromatic rings. The molecule has 1 aromatic carbocycles. The van der Waals surface area contributed by atoms with Crippen LogP contribution in [-0.2, 0) is 11.2 Å². The largest absolute Gasteiger partial charge is 0.493 e. The molecule has 0 amide bonds. The molecule has 0 aliphatic rings. The minimum atomic E-state index is 0.365. The molecule has 0 aliphatic heterocycles. The maximum absolute atomic E-state index is 5.96. The lowest BCUT2D eigenvalue weighted by molar-refractivity contribution is 0.170. The SMILES string of the molecule is COCCCOc1c(OC)ccc(CCN)c1C(C)C. The van der Waals surface area contributed by atoms with Crippen molar-refractivity contribution in [3.63, 3.8) is 0 Å². The van der Waals surface area contributed by atoms with E-state index in [9.17, 15) is 0 Å². The Labute approximate surface area is 122 Å². The minimum absolute atomic E-state index is 0.365. The van der Waals surface area contributed by atoms with E-state index in [2.05, 4.69) is 19.9 Å². The van der Waals surface area contributed by atoms with Crippen LogP contribution in [-0.4, -0.2) is 34.0 Å². The molecule has 0 fully saturated rings. The Morgan fingerprint density at radius 3 is 2.45 bits per heavy atom. The van der Waals surface area contributed by atoms with Gasteiger partial charge in [0.05, 0.1) is 13.7 Å². The molecule has 20 heavy (non-hydrogen) atoms. The van der Waals surface area contributed by atoms with Crippen molar-refractivity contribution >= 4 is 0 Å². The van der Waals surface area contributed by atoms with E-state index in [0.29, 0.717) is 25.7 Å². The van der Waals surface area contributed by atoms with E-state index in [1.54, 1.807) is 14.2 Å². The molecule has 4 heteroatoms. The fourth-order valence-electron chi connectivity index (χ4n) is 2.31. The summed E-state index contributed by atoms with van der Waals surface area (Å²) in [6.45, 7) is 6.28.